The van der Waals surface area contributed by atoms with Crippen molar-refractivity contribution >= 4 is 11.3 Å². The molecule has 1 aliphatic rings. The highest BCUT2D eigenvalue weighted by atomic mass is 32.1. The van der Waals surface area contributed by atoms with Gasteiger partial charge in [0.1, 0.15) is 10.8 Å². The third-order valence-electron chi connectivity index (χ3n) is 2.97. The van der Waals surface area contributed by atoms with E-state index in [0.29, 0.717) is 0 Å². The van der Waals surface area contributed by atoms with Crippen molar-refractivity contribution in [1.29, 1.82) is 0 Å². The minimum Gasteiger partial charge on any atom is -0.493 e. The molecule has 17 heavy (non-hydrogen) atoms. The highest BCUT2D eigenvalue weighted by Gasteiger charge is 2.15. The van der Waals surface area contributed by atoms with Crippen LogP contribution in [0.5, 0.6) is 5.75 Å². The first-order chi connectivity index (χ1) is 8.28. The number of benzene rings is 1. The van der Waals surface area contributed by atoms with Crippen molar-refractivity contribution in [1.82, 2.24) is 4.98 Å². The number of rotatable bonds is 2. The summed E-state index contributed by atoms with van der Waals surface area (Å²) >= 11 is 1.56. The zero-order valence-corrected chi connectivity index (χ0v) is 10.4. The summed E-state index contributed by atoms with van der Waals surface area (Å²) in [6.45, 7) is 2.77. The maximum atomic E-state index is 9.18. The Balaban J connectivity index is 2.03. The molecular weight excluding hydrogens is 234 g/mol. The third-order valence-corrected chi connectivity index (χ3v) is 4.16. The summed E-state index contributed by atoms with van der Waals surface area (Å²) in [6, 6.07) is 6.18. The first kappa shape index (κ1) is 10.7. The summed E-state index contributed by atoms with van der Waals surface area (Å²) in [5, 5.41) is 10.2. The van der Waals surface area contributed by atoms with Gasteiger partial charge in [-0.1, -0.05) is 0 Å². The van der Waals surface area contributed by atoms with Crippen molar-refractivity contribution in [2.75, 3.05) is 6.61 Å². The number of ether oxygens (including phenoxy) is 1. The van der Waals surface area contributed by atoms with Gasteiger partial charge in [0.2, 0.25) is 0 Å². The van der Waals surface area contributed by atoms with E-state index in [2.05, 4.69) is 11.1 Å². The molecule has 88 valence electrons. The molecule has 0 fully saturated rings. The van der Waals surface area contributed by atoms with Crippen LogP contribution in [-0.4, -0.2) is 16.7 Å². The maximum Gasteiger partial charge on any atom is 0.123 e. The van der Waals surface area contributed by atoms with Gasteiger partial charge in [0.25, 0.3) is 0 Å². The van der Waals surface area contributed by atoms with Crippen LogP contribution < -0.4 is 4.74 Å². The molecule has 1 aromatic carbocycles. The van der Waals surface area contributed by atoms with Crippen LogP contribution in [0.15, 0.2) is 18.2 Å². The number of aromatic nitrogens is 1. The van der Waals surface area contributed by atoms with Gasteiger partial charge in [-0.3, -0.25) is 0 Å². The molecule has 0 saturated carbocycles. The smallest absolute Gasteiger partial charge is 0.123 e. The first-order valence-electron chi connectivity index (χ1n) is 5.61. The predicted molar refractivity (Wildman–Crippen MR) is 67.4 cm³/mol. The van der Waals surface area contributed by atoms with Crippen molar-refractivity contribution in [3.05, 3.63) is 34.3 Å². The number of aliphatic hydroxyl groups is 1. The SMILES string of the molecule is Cc1nc(-c2ccc3c(c2)CCO3)sc1CO. The molecule has 0 bridgehead atoms. The maximum absolute atomic E-state index is 9.18. The average molecular weight is 247 g/mol. The number of thiazole rings is 1. The van der Waals surface area contributed by atoms with Gasteiger partial charge in [0, 0.05) is 12.0 Å². The van der Waals surface area contributed by atoms with E-state index in [-0.39, 0.29) is 6.61 Å². The standard InChI is InChI=1S/C13H13NO2S/c1-8-12(7-15)17-13(14-8)10-2-3-11-9(6-10)4-5-16-11/h2-3,6,15H,4-5,7H2,1H3. The van der Waals surface area contributed by atoms with Crippen molar-refractivity contribution in [2.24, 2.45) is 0 Å². The fourth-order valence-electron chi connectivity index (χ4n) is 2.02. The second kappa shape index (κ2) is 4.13. The van der Waals surface area contributed by atoms with Crippen LogP contribution >= 0.6 is 11.3 Å². The normalized spacial score (nSPS) is 13.5. The minimum atomic E-state index is 0.0670. The van der Waals surface area contributed by atoms with Crippen LogP contribution in [0, 0.1) is 6.92 Å². The lowest BCUT2D eigenvalue weighted by Gasteiger charge is -2.00. The molecule has 0 saturated heterocycles. The van der Waals surface area contributed by atoms with E-state index in [1.807, 2.05) is 19.1 Å². The molecule has 0 spiro atoms. The van der Waals surface area contributed by atoms with Crippen LogP contribution in [0.4, 0.5) is 0 Å². The monoisotopic (exact) mass is 247 g/mol. The molecule has 1 aliphatic heterocycles. The molecule has 1 N–H and O–H groups in total. The molecule has 3 rings (SSSR count). The molecule has 2 aromatic rings. The van der Waals surface area contributed by atoms with Gasteiger partial charge in [0.05, 0.1) is 23.8 Å². The van der Waals surface area contributed by atoms with Crippen molar-refractivity contribution < 1.29 is 9.84 Å². The molecule has 4 heteroatoms. The van der Waals surface area contributed by atoms with Crippen LogP contribution in [0.1, 0.15) is 16.1 Å². The second-order valence-electron chi connectivity index (χ2n) is 4.11. The van der Waals surface area contributed by atoms with Crippen LogP contribution in [-0.2, 0) is 13.0 Å². The Labute approximate surface area is 104 Å². The second-order valence-corrected chi connectivity index (χ2v) is 5.19. The Kier molecular flexibility index (Phi) is 2.61. The molecule has 1 aromatic heterocycles. The lowest BCUT2D eigenvalue weighted by atomic mass is 10.1. The average Bonchev–Trinajstić information content (AvgIpc) is 2.93. The highest BCUT2D eigenvalue weighted by molar-refractivity contribution is 7.15. The van der Waals surface area contributed by atoms with Gasteiger partial charge in [-0.2, -0.15) is 0 Å². The van der Waals surface area contributed by atoms with E-state index in [4.69, 9.17) is 4.74 Å². The number of hydrogen-bond donors (Lipinski definition) is 1. The largest absolute Gasteiger partial charge is 0.493 e. The molecule has 2 heterocycles. The Morgan fingerprint density at radius 3 is 3.12 bits per heavy atom. The summed E-state index contributed by atoms with van der Waals surface area (Å²) in [4.78, 5) is 5.44. The number of fused-ring (bicyclic) bond motifs is 1. The Morgan fingerprint density at radius 1 is 1.47 bits per heavy atom. The third kappa shape index (κ3) is 1.83. The zero-order valence-electron chi connectivity index (χ0n) is 9.56. The topological polar surface area (TPSA) is 42.4 Å². The molecule has 0 atom stereocenters. The van der Waals surface area contributed by atoms with Crippen molar-refractivity contribution in [3.8, 4) is 16.3 Å². The van der Waals surface area contributed by atoms with Crippen molar-refractivity contribution in [2.45, 2.75) is 20.0 Å². The van der Waals surface area contributed by atoms with E-state index in [0.717, 1.165) is 39.9 Å². The zero-order chi connectivity index (χ0) is 11.8. The fraction of sp³-hybridized carbons (Fsp3) is 0.308. The highest BCUT2D eigenvalue weighted by Crippen LogP contribution is 2.33. The lowest BCUT2D eigenvalue weighted by Crippen LogP contribution is -1.85. The van der Waals surface area contributed by atoms with Gasteiger partial charge in [-0.15, -0.1) is 11.3 Å². The summed E-state index contributed by atoms with van der Waals surface area (Å²) in [5.74, 6) is 0.990. The minimum absolute atomic E-state index is 0.0670. The quantitative estimate of drug-likeness (QED) is 0.886. The Bertz CT molecular complexity index is 563. The van der Waals surface area contributed by atoms with E-state index >= 15 is 0 Å². The Morgan fingerprint density at radius 2 is 2.35 bits per heavy atom. The van der Waals surface area contributed by atoms with Gasteiger partial charge >= 0.3 is 0 Å². The molecule has 3 nitrogen and oxygen atoms in total. The number of nitrogens with zero attached hydrogens (tertiary/aromatic N) is 1. The predicted octanol–water partition coefficient (Wildman–Crippen LogP) is 2.55. The van der Waals surface area contributed by atoms with Gasteiger partial charge < -0.3 is 9.84 Å². The summed E-state index contributed by atoms with van der Waals surface area (Å²) in [5.41, 5.74) is 3.28. The van der Waals surface area contributed by atoms with Crippen LogP contribution in [0.2, 0.25) is 0 Å². The summed E-state index contributed by atoms with van der Waals surface area (Å²) in [6.07, 6.45) is 0.973. The van der Waals surface area contributed by atoms with Gasteiger partial charge in [0.15, 0.2) is 0 Å². The van der Waals surface area contributed by atoms with E-state index in [1.54, 1.807) is 11.3 Å². The van der Waals surface area contributed by atoms with Gasteiger partial charge in [-0.25, -0.2) is 4.98 Å². The molecule has 0 aliphatic carbocycles. The van der Waals surface area contributed by atoms with E-state index in [1.165, 1.54) is 5.56 Å². The van der Waals surface area contributed by atoms with E-state index in [9.17, 15) is 5.11 Å². The molecular formula is C13H13NO2S. The first-order valence-corrected chi connectivity index (χ1v) is 6.43. The fourth-order valence-corrected chi connectivity index (χ4v) is 2.94. The molecule has 0 amide bonds. The number of aliphatic hydroxyl groups excluding tert-OH is 1. The molecule has 0 unspecified atom stereocenters. The number of aryl methyl sites for hydroxylation is 1. The number of hydrogen-bond acceptors (Lipinski definition) is 4. The van der Waals surface area contributed by atoms with Crippen LogP contribution in [0.3, 0.4) is 0 Å². The summed E-state index contributed by atoms with van der Waals surface area (Å²) in [7, 11) is 0. The van der Waals surface area contributed by atoms with E-state index < -0.39 is 0 Å². The summed E-state index contributed by atoms with van der Waals surface area (Å²) < 4.78 is 5.48. The Hall–Kier alpha value is -1.39. The van der Waals surface area contributed by atoms with Crippen LogP contribution in [0.25, 0.3) is 10.6 Å². The van der Waals surface area contributed by atoms with Crippen molar-refractivity contribution in [3.63, 3.8) is 0 Å². The van der Waals surface area contributed by atoms with Gasteiger partial charge in [-0.05, 0) is 30.7 Å². The lowest BCUT2D eigenvalue weighted by molar-refractivity contribution is 0.284. The molecule has 0 radical (unpaired) electrons.